The summed E-state index contributed by atoms with van der Waals surface area (Å²) in [5.41, 5.74) is 1.83. The van der Waals surface area contributed by atoms with Gasteiger partial charge < -0.3 is 5.32 Å². The van der Waals surface area contributed by atoms with Crippen molar-refractivity contribution in [2.24, 2.45) is 5.92 Å². The van der Waals surface area contributed by atoms with E-state index in [2.05, 4.69) is 27.3 Å². The molecule has 2 aromatic rings. The quantitative estimate of drug-likeness (QED) is 0.879. The lowest BCUT2D eigenvalue weighted by molar-refractivity contribution is -0.144. The Labute approximate surface area is 155 Å². The van der Waals surface area contributed by atoms with Gasteiger partial charge in [-0.15, -0.1) is 5.10 Å². The van der Waals surface area contributed by atoms with Gasteiger partial charge in [-0.3, -0.25) is 4.79 Å². The topological polar surface area (TPSA) is 72.2 Å². The zero-order valence-electron chi connectivity index (χ0n) is 15.7. The van der Waals surface area contributed by atoms with Gasteiger partial charge in [-0.25, -0.2) is 9.50 Å². The van der Waals surface area contributed by atoms with Gasteiger partial charge in [-0.05, 0) is 44.6 Å². The summed E-state index contributed by atoms with van der Waals surface area (Å²) >= 11 is 0. The second kappa shape index (κ2) is 7.44. The molecule has 0 aromatic carbocycles. The second-order valence-electron chi connectivity index (χ2n) is 7.44. The predicted octanol–water partition coefficient (Wildman–Crippen LogP) is 3.39. The first-order chi connectivity index (χ1) is 12.6. The minimum absolute atomic E-state index is 0.0393. The van der Waals surface area contributed by atoms with Crippen LogP contribution in [0.5, 0.6) is 0 Å². The number of carbonyl (C=O) groups is 1. The van der Waals surface area contributed by atoms with E-state index in [9.17, 15) is 18.0 Å². The van der Waals surface area contributed by atoms with E-state index >= 15 is 0 Å². The summed E-state index contributed by atoms with van der Waals surface area (Å²) in [5.74, 6) is -0.710. The molecule has 2 unspecified atom stereocenters. The Morgan fingerprint density at radius 1 is 1.26 bits per heavy atom. The van der Waals surface area contributed by atoms with E-state index in [1.807, 2.05) is 0 Å². The van der Waals surface area contributed by atoms with E-state index in [1.54, 1.807) is 13.8 Å². The molecule has 27 heavy (non-hydrogen) atoms. The predicted molar refractivity (Wildman–Crippen MR) is 93.1 cm³/mol. The number of nitrogens with one attached hydrogen (secondary N) is 1. The molecule has 0 spiro atoms. The van der Waals surface area contributed by atoms with Crippen LogP contribution in [0.2, 0.25) is 0 Å². The van der Waals surface area contributed by atoms with Gasteiger partial charge in [-0.1, -0.05) is 19.8 Å². The molecule has 0 bridgehead atoms. The molecule has 0 aliphatic heterocycles. The van der Waals surface area contributed by atoms with Crippen molar-refractivity contribution in [3.63, 3.8) is 0 Å². The van der Waals surface area contributed by atoms with Crippen molar-refractivity contribution in [2.75, 3.05) is 0 Å². The standard InChI is InChI=1S/C18H24F3N5O/c1-10-5-4-6-13(9-10)23-15(27)8-7-14-11(2)22-17-24-16(18(19,20)21)25-26(17)12(14)3/h10,13H,4-9H2,1-3H3,(H,23,27). The Kier molecular flexibility index (Phi) is 5.39. The molecule has 1 aliphatic carbocycles. The number of rotatable bonds is 4. The molecule has 1 saturated carbocycles. The van der Waals surface area contributed by atoms with E-state index in [4.69, 9.17) is 0 Å². The Bertz CT molecular complexity index is 846. The van der Waals surface area contributed by atoms with Gasteiger partial charge in [0.1, 0.15) is 0 Å². The van der Waals surface area contributed by atoms with Crippen LogP contribution in [0.25, 0.3) is 5.78 Å². The third kappa shape index (κ3) is 4.39. The molecule has 2 aromatic heterocycles. The highest BCUT2D eigenvalue weighted by Gasteiger charge is 2.37. The van der Waals surface area contributed by atoms with Gasteiger partial charge >= 0.3 is 6.18 Å². The molecular weight excluding hydrogens is 359 g/mol. The van der Waals surface area contributed by atoms with Gasteiger partial charge in [0, 0.05) is 23.9 Å². The van der Waals surface area contributed by atoms with Gasteiger partial charge in [0.15, 0.2) is 0 Å². The fourth-order valence-electron chi connectivity index (χ4n) is 3.79. The van der Waals surface area contributed by atoms with E-state index in [0.29, 0.717) is 23.7 Å². The Hall–Kier alpha value is -2.19. The lowest BCUT2D eigenvalue weighted by Gasteiger charge is -2.27. The first kappa shape index (κ1) is 19.6. The smallest absolute Gasteiger partial charge is 0.353 e. The molecule has 6 nitrogen and oxygen atoms in total. The third-order valence-electron chi connectivity index (χ3n) is 5.21. The highest BCUT2D eigenvalue weighted by atomic mass is 19.4. The minimum Gasteiger partial charge on any atom is -0.353 e. The van der Waals surface area contributed by atoms with Crippen LogP contribution in [0.4, 0.5) is 13.2 Å². The summed E-state index contributed by atoms with van der Waals surface area (Å²) in [6, 6.07) is 0.216. The molecule has 148 valence electrons. The van der Waals surface area contributed by atoms with Crippen molar-refractivity contribution in [3.05, 3.63) is 22.8 Å². The lowest BCUT2D eigenvalue weighted by atomic mass is 9.87. The fourth-order valence-corrected chi connectivity index (χ4v) is 3.79. The number of carbonyl (C=O) groups excluding carboxylic acids is 1. The molecule has 2 heterocycles. The van der Waals surface area contributed by atoms with Crippen LogP contribution < -0.4 is 5.32 Å². The number of aromatic nitrogens is 4. The van der Waals surface area contributed by atoms with Crippen LogP contribution >= 0.6 is 0 Å². The highest BCUT2D eigenvalue weighted by molar-refractivity contribution is 5.76. The van der Waals surface area contributed by atoms with Crippen molar-refractivity contribution < 1.29 is 18.0 Å². The monoisotopic (exact) mass is 383 g/mol. The summed E-state index contributed by atoms with van der Waals surface area (Å²) < 4.78 is 39.6. The largest absolute Gasteiger partial charge is 0.453 e. The van der Waals surface area contributed by atoms with Crippen molar-refractivity contribution in [2.45, 2.75) is 71.5 Å². The number of alkyl halides is 3. The zero-order chi connectivity index (χ0) is 19.8. The molecule has 2 atom stereocenters. The molecular formula is C18H24F3N5O. The van der Waals surface area contributed by atoms with E-state index in [1.165, 1.54) is 6.42 Å². The average molecular weight is 383 g/mol. The van der Waals surface area contributed by atoms with Gasteiger partial charge in [0.25, 0.3) is 11.6 Å². The molecule has 0 saturated heterocycles. The highest BCUT2D eigenvalue weighted by Crippen LogP contribution is 2.27. The molecule has 0 radical (unpaired) electrons. The molecule has 1 N–H and O–H groups in total. The molecule has 9 heteroatoms. The van der Waals surface area contributed by atoms with Crippen LogP contribution in [-0.2, 0) is 17.4 Å². The van der Waals surface area contributed by atoms with Crippen LogP contribution in [0, 0.1) is 19.8 Å². The van der Waals surface area contributed by atoms with Crippen LogP contribution in [0.15, 0.2) is 0 Å². The number of halogens is 3. The number of aryl methyl sites for hydroxylation is 2. The van der Waals surface area contributed by atoms with Crippen LogP contribution in [0.3, 0.4) is 0 Å². The number of hydrogen-bond acceptors (Lipinski definition) is 4. The van der Waals surface area contributed by atoms with E-state index in [-0.39, 0.29) is 24.1 Å². The first-order valence-corrected chi connectivity index (χ1v) is 9.24. The lowest BCUT2D eigenvalue weighted by Crippen LogP contribution is -2.38. The normalized spacial score (nSPS) is 20.8. The SMILES string of the molecule is Cc1nc2nc(C(F)(F)F)nn2c(C)c1CCC(=O)NC1CCCC(C)C1. The zero-order valence-corrected chi connectivity index (χ0v) is 15.7. The summed E-state index contributed by atoms with van der Waals surface area (Å²) in [6.45, 7) is 5.58. The number of fused-ring (bicyclic) bond motifs is 1. The molecule has 1 aliphatic rings. The van der Waals surface area contributed by atoms with Crippen molar-refractivity contribution in [3.8, 4) is 0 Å². The minimum atomic E-state index is -4.62. The average Bonchev–Trinajstić information content (AvgIpc) is 2.99. The molecule has 1 amide bonds. The molecule has 3 rings (SSSR count). The fraction of sp³-hybridized carbons (Fsp3) is 0.667. The Morgan fingerprint density at radius 3 is 2.67 bits per heavy atom. The van der Waals surface area contributed by atoms with E-state index < -0.39 is 12.0 Å². The van der Waals surface area contributed by atoms with Crippen molar-refractivity contribution >= 4 is 11.7 Å². The maximum absolute atomic E-state index is 12.8. The van der Waals surface area contributed by atoms with Gasteiger partial charge in [0.2, 0.25) is 5.91 Å². The second-order valence-corrected chi connectivity index (χ2v) is 7.44. The summed E-state index contributed by atoms with van der Waals surface area (Å²) in [4.78, 5) is 19.9. The van der Waals surface area contributed by atoms with Crippen molar-refractivity contribution in [1.29, 1.82) is 0 Å². The number of nitrogens with zero attached hydrogens (tertiary/aromatic N) is 4. The molecule has 1 fully saturated rings. The maximum atomic E-state index is 12.8. The summed E-state index contributed by atoms with van der Waals surface area (Å²) in [6.07, 6.45) is 0.367. The van der Waals surface area contributed by atoms with Crippen LogP contribution in [-0.4, -0.2) is 31.5 Å². The summed E-state index contributed by atoms with van der Waals surface area (Å²) in [7, 11) is 0. The third-order valence-corrected chi connectivity index (χ3v) is 5.21. The van der Waals surface area contributed by atoms with Crippen molar-refractivity contribution in [1.82, 2.24) is 24.9 Å². The van der Waals surface area contributed by atoms with E-state index in [0.717, 1.165) is 29.3 Å². The van der Waals surface area contributed by atoms with Gasteiger partial charge in [0.05, 0.1) is 0 Å². The Morgan fingerprint density at radius 2 is 2.00 bits per heavy atom. The van der Waals surface area contributed by atoms with Gasteiger partial charge in [-0.2, -0.15) is 18.2 Å². The first-order valence-electron chi connectivity index (χ1n) is 9.24. The Balaban J connectivity index is 1.71. The number of amides is 1. The van der Waals surface area contributed by atoms with Crippen LogP contribution in [0.1, 0.15) is 61.8 Å². The number of hydrogen-bond donors (Lipinski definition) is 1. The maximum Gasteiger partial charge on any atom is 0.453 e. The summed E-state index contributed by atoms with van der Waals surface area (Å²) in [5, 5.41) is 6.61.